The minimum atomic E-state index is -4.22. The Labute approximate surface area is 216 Å². The van der Waals surface area contributed by atoms with Gasteiger partial charge in [-0.2, -0.15) is 9.40 Å². The molecule has 1 fully saturated rings. The molecule has 11 nitrogen and oxygen atoms in total. The predicted octanol–water partition coefficient (Wildman–Crippen LogP) is 2.45. The van der Waals surface area contributed by atoms with E-state index in [9.17, 15) is 26.8 Å². The lowest BCUT2D eigenvalue weighted by Gasteiger charge is -2.26. The quantitative estimate of drug-likeness (QED) is 0.430. The van der Waals surface area contributed by atoms with E-state index in [2.05, 4.69) is 25.8 Å². The van der Waals surface area contributed by atoms with Crippen LogP contribution in [-0.2, 0) is 32.5 Å². The lowest BCUT2D eigenvalue weighted by atomic mass is 9.99. The van der Waals surface area contributed by atoms with E-state index >= 15 is 0 Å². The number of nitrogens with one attached hydrogen (secondary N) is 3. The SMILES string of the molecule is O=C(Nc1n[nH]c2c1CN(S(=O)(=O)c1cc(F)cc(F)c1)CC2)c1ccncc1NC(=O)C1CCOCC1. The molecule has 3 aromatic rings. The number of pyridine rings is 1. The lowest BCUT2D eigenvalue weighted by Crippen LogP contribution is -2.36. The Hall–Kier alpha value is -3.75. The summed E-state index contributed by atoms with van der Waals surface area (Å²) in [4.78, 5) is 29.4. The molecule has 4 heterocycles. The number of sulfonamides is 1. The van der Waals surface area contributed by atoms with Crippen molar-refractivity contribution in [1.82, 2.24) is 19.5 Å². The molecule has 2 amide bonds. The van der Waals surface area contributed by atoms with E-state index in [0.717, 1.165) is 16.4 Å². The number of carbonyl (C=O) groups excluding carboxylic acids is 2. The maximum Gasteiger partial charge on any atom is 0.259 e. The summed E-state index contributed by atoms with van der Waals surface area (Å²) in [7, 11) is -4.22. The number of aromatic amines is 1. The highest BCUT2D eigenvalue weighted by molar-refractivity contribution is 7.89. The number of rotatable bonds is 6. The number of carbonyl (C=O) groups is 2. The predicted molar refractivity (Wildman–Crippen MR) is 131 cm³/mol. The van der Waals surface area contributed by atoms with Gasteiger partial charge in [-0.05, 0) is 31.0 Å². The van der Waals surface area contributed by atoms with Gasteiger partial charge in [0.15, 0.2) is 5.82 Å². The zero-order chi connectivity index (χ0) is 26.9. The Morgan fingerprint density at radius 3 is 2.58 bits per heavy atom. The molecular weight excluding hydrogens is 522 g/mol. The number of ether oxygens (including phenoxy) is 1. The van der Waals surface area contributed by atoms with E-state index in [0.29, 0.717) is 43.4 Å². The number of benzene rings is 1. The molecule has 2 aromatic heterocycles. The summed E-state index contributed by atoms with van der Waals surface area (Å²) >= 11 is 0. The van der Waals surface area contributed by atoms with Crippen LogP contribution in [-0.4, -0.2) is 59.5 Å². The van der Waals surface area contributed by atoms with Crippen LogP contribution in [0.4, 0.5) is 20.3 Å². The third kappa shape index (κ3) is 5.28. The molecular formula is C24H24F2N6O5S. The number of fused-ring (bicyclic) bond motifs is 1. The van der Waals surface area contributed by atoms with Crippen LogP contribution in [0.5, 0.6) is 0 Å². The van der Waals surface area contributed by atoms with Crippen molar-refractivity contribution in [2.75, 3.05) is 30.4 Å². The van der Waals surface area contributed by atoms with Gasteiger partial charge in [-0.15, -0.1) is 0 Å². The molecule has 0 aliphatic carbocycles. The van der Waals surface area contributed by atoms with Gasteiger partial charge in [0.2, 0.25) is 15.9 Å². The van der Waals surface area contributed by atoms with Gasteiger partial charge in [0.1, 0.15) is 11.6 Å². The minimum Gasteiger partial charge on any atom is -0.381 e. The Kier molecular flexibility index (Phi) is 7.19. The molecule has 5 rings (SSSR count). The number of amides is 2. The molecule has 2 aliphatic heterocycles. The Morgan fingerprint density at radius 1 is 1.11 bits per heavy atom. The summed E-state index contributed by atoms with van der Waals surface area (Å²) < 4.78 is 59.9. The van der Waals surface area contributed by atoms with Crippen molar-refractivity contribution in [1.29, 1.82) is 0 Å². The second kappa shape index (κ2) is 10.6. The standard InChI is InChI=1S/C24H24F2N6O5S/c25-15-9-16(26)11-17(10-15)38(35,36)32-6-2-20-19(13-32)22(31-30-20)29-24(34)18-1-5-27-12-21(18)28-23(33)14-3-7-37-8-4-14/h1,5,9-12,14H,2-4,6-8,13H2,(H,28,33)(H2,29,30,31,34). The Balaban J connectivity index is 1.34. The number of anilines is 2. The summed E-state index contributed by atoms with van der Waals surface area (Å²) in [6, 6.07) is 3.55. The van der Waals surface area contributed by atoms with Gasteiger partial charge < -0.3 is 15.4 Å². The first-order chi connectivity index (χ1) is 18.2. The van der Waals surface area contributed by atoms with Crippen molar-refractivity contribution < 1.29 is 31.5 Å². The first kappa shape index (κ1) is 25.9. The van der Waals surface area contributed by atoms with Crippen molar-refractivity contribution in [2.45, 2.75) is 30.7 Å². The molecule has 0 radical (unpaired) electrons. The fourth-order valence-electron chi connectivity index (χ4n) is 4.47. The van der Waals surface area contributed by atoms with Crippen molar-refractivity contribution in [3.63, 3.8) is 0 Å². The van der Waals surface area contributed by atoms with Crippen LogP contribution in [0.25, 0.3) is 0 Å². The van der Waals surface area contributed by atoms with Crippen LogP contribution in [0.3, 0.4) is 0 Å². The van der Waals surface area contributed by atoms with E-state index in [1.54, 1.807) is 0 Å². The number of H-pyrrole nitrogens is 1. The molecule has 0 unspecified atom stereocenters. The molecule has 38 heavy (non-hydrogen) atoms. The summed E-state index contributed by atoms with van der Waals surface area (Å²) in [6.45, 7) is 0.856. The summed E-state index contributed by atoms with van der Waals surface area (Å²) in [5.41, 5.74) is 1.42. The van der Waals surface area contributed by atoms with E-state index < -0.39 is 32.5 Å². The molecule has 1 aromatic carbocycles. The maximum atomic E-state index is 13.7. The smallest absolute Gasteiger partial charge is 0.259 e. The van der Waals surface area contributed by atoms with Gasteiger partial charge >= 0.3 is 0 Å². The Bertz CT molecular complexity index is 1470. The average Bonchev–Trinajstić information content (AvgIpc) is 3.30. The number of hydrogen-bond donors (Lipinski definition) is 3. The molecule has 2 aliphatic rings. The zero-order valence-electron chi connectivity index (χ0n) is 20.0. The first-order valence-electron chi connectivity index (χ1n) is 11.9. The van der Waals surface area contributed by atoms with Gasteiger partial charge in [-0.3, -0.25) is 19.7 Å². The molecule has 200 valence electrons. The Morgan fingerprint density at radius 2 is 1.84 bits per heavy atom. The number of nitrogens with zero attached hydrogens (tertiary/aromatic N) is 3. The molecule has 0 atom stereocenters. The van der Waals surface area contributed by atoms with E-state index in [1.165, 1.54) is 18.5 Å². The fourth-order valence-corrected chi connectivity index (χ4v) is 5.92. The van der Waals surface area contributed by atoms with Gasteiger partial charge in [0.25, 0.3) is 5.91 Å². The maximum absolute atomic E-state index is 13.7. The highest BCUT2D eigenvalue weighted by Crippen LogP contribution is 2.29. The molecule has 0 saturated carbocycles. The molecule has 1 saturated heterocycles. The van der Waals surface area contributed by atoms with Crippen LogP contribution in [0.15, 0.2) is 41.6 Å². The fraction of sp³-hybridized carbons (Fsp3) is 0.333. The topological polar surface area (TPSA) is 146 Å². The van der Waals surface area contributed by atoms with E-state index in [-0.39, 0.29) is 48.4 Å². The normalized spacial score (nSPS) is 16.6. The zero-order valence-corrected chi connectivity index (χ0v) is 20.9. The van der Waals surface area contributed by atoms with Crippen molar-refractivity contribution in [3.8, 4) is 0 Å². The van der Waals surface area contributed by atoms with Gasteiger partial charge in [-0.25, -0.2) is 17.2 Å². The van der Waals surface area contributed by atoms with E-state index in [4.69, 9.17) is 4.74 Å². The second-order valence-corrected chi connectivity index (χ2v) is 10.9. The van der Waals surface area contributed by atoms with Gasteiger partial charge in [-0.1, -0.05) is 0 Å². The summed E-state index contributed by atoms with van der Waals surface area (Å²) in [5.74, 6) is -2.96. The molecule has 3 N–H and O–H groups in total. The number of halogens is 2. The third-order valence-electron chi connectivity index (χ3n) is 6.52. The molecule has 14 heteroatoms. The highest BCUT2D eigenvalue weighted by atomic mass is 32.2. The van der Waals surface area contributed by atoms with E-state index in [1.807, 2.05) is 0 Å². The van der Waals surface area contributed by atoms with Crippen LogP contribution >= 0.6 is 0 Å². The molecule has 0 bridgehead atoms. The van der Waals surface area contributed by atoms with Gasteiger partial charge in [0.05, 0.1) is 22.3 Å². The number of hydrogen-bond acceptors (Lipinski definition) is 7. The largest absolute Gasteiger partial charge is 0.381 e. The van der Waals surface area contributed by atoms with Crippen LogP contribution in [0.1, 0.15) is 34.5 Å². The minimum absolute atomic E-state index is 0.0514. The number of aromatic nitrogens is 3. The highest BCUT2D eigenvalue weighted by Gasteiger charge is 2.32. The second-order valence-electron chi connectivity index (χ2n) is 8.97. The van der Waals surface area contributed by atoms with Gasteiger partial charge in [0, 0.05) is 62.2 Å². The van der Waals surface area contributed by atoms with Crippen molar-refractivity contribution in [2.24, 2.45) is 5.92 Å². The lowest BCUT2D eigenvalue weighted by molar-refractivity contribution is -0.122. The summed E-state index contributed by atoms with van der Waals surface area (Å²) in [6.07, 6.45) is 4.18. The van der Waals surface area contributed by atoms with Crippen molar-refractivity contribution in [3.05, 3.63) is 65.1 Å². The van der Waals surface area contributed by atoms with Crippen LogP contribution < -0.4 is 10.6 Å². The van der Waals surface area contributed by atoms with Crippen LogP contribution in [0.2, 0.25) is 0 Å². The van der Waals surface area contributed by atoms with Crippen LogP contribution in [0, 0.1) is 17.6 Å². The summed E-state index contributed by atoms with van der Waals surface area (Å²) in [5, 5.41) is 12.4. The molecule has 0 spiro atoms. The first-order valence-corrected chi connectivity index (χ1v) is 13.3. The third-order valence-corrected chi connectivity index (χ3v) is 8.34. The van der Waals surface area contributed by atoms with Crippen molar-refractivity contribution >= 4 is 33.3 Å². The monoisotopic (exact) mass is 546 g/mol. The average molecular weight is 547 g/mol.